The summed E-state index contributed by atoms with van der Waals surface area (Å²) in [6, 6.07) is 16.0. The number of amides is 14. The predicted molar refractivity (Wildman–Crippen MR) is 500 cm³/mol. The summed E-state index contributed by atoms with van der Waals surface area (Å²) >= 11 is 0.768. The Hall–Kier alpha value is -13.4. The van der Waals surface area contributed by atoms with Gasteiger partial charge in [-0.1, -0.05) is 157 Å². The molecule has 0 radical (unpaired) electrons. The topological polar surface area (TPSA) is 544 Å². The minimum Gasteiger partial charge on any atom is -0.508 e. The number of thioether (sulfide) groups is 1. The van der Waals surface area contributed by atoms with Gasteiger partial charge < -0.3 is 108 Å². The molecular weight excluding hydrogens is 1800 g/mol. The van der Waals surface area contributed by atoms with Gasteiger partial charge in [-0.25, -0.2) is 8.78 Å². The Morgan fingerprint density at radius 1 is 0.496 bits per heavy atom. The molecule has 3 aliphatic heterocycles. The third-order valence-corrected chi connectivity index (χ3v) is 25.6. The molecule has 0 aliphatic carbocycles. The van der Waals surface area contributed by atoms with Crippen molar-refractivity contribution in [3.63, 3.8) is 0 Å². The van der Waals surface area contributed by atoms with Gasteiger partial charge in [0.15, 0.2) is 11.6 Å². The highest BCUT2D eigenvalue weighted by molar-refractivity contribution is 8.00. The van der Waals surface area contributed by atoms with Crippen LogP contribution in [0.2, 0.25) is 0 Å². The quantitative estimate of drug-likeness (QED) is 0.0380. The lowest BCUT2D eigenvalue weighted by atomic mass is 9.98. The fourth-order valence-corrected chi connectivity index (χ4v) is 18.0. The highest BCUT2D eigenvalue weighted by atomic mass is 32.2. The minimum atomic E-state index is -2.04. The lowest BCUT2D eigenvalue weighted by Gasteiger charge is -2.38. The van der Waals surface area contributed by atoms with E-state index in [0.717, 1.165) is 54.5 Å². The molecule has 3 saturated heterocycles. The van der Waals surface area contributed by atoms with E-state index in [1.165, 1.54) is 83.5 Å². The van der Waals surface area contributed by atoms with Crippen molar-refractivity contribution in [1.82, 2.24) is 77.3 Å². The number of para-hydroxylation sites is 1. The van der Waals surface area contributed by atoms with Crippen LogP contribution < -0.4 is 53.6 Å². The number of carbonyl (C=O) groups excluding carboxylic acids is 14. The molecule has 3 fully saturated rings. The van der Waals surface area contributed by atoms with Gasteiger partial charge in [-0.3, -0.25) is 77.2 Å². The Labute approximate surface area is 795 Å². The van der Waals surface area contributed by atoms with Crippen LogP contribution in [0.15, 0.2) is 158 Å². The van der Waals surface area contributed by atoms with Gasteiger partial charge in [-0.2, -0.15) is 0 Å². The Morgan fingerprint density at radius 3 is 1.53 bits per heavy atom. The summed E-state index contributed by atoms with van der Waals surface area (Å²) < 4.78 is 29.9. The summed E-state index contributed by atoms with van der Waals surface area (Å²) in [5.74, 6) is -20.8. The minimum absolute atomic E-state index is 0.0176. The Kier molecular flexibility index (Phi) is 38.0. The van der Waals surface area contributed by atoms with Crippen molar-refractivity contribution in [2.75, 3.05) is 52.3 Å². The number of hydrogen-bond acceptors (Lipinski definition) is 22. The van der Waals surface area contributed by atoms with Crippen LogP contribution in [0.25, 0.3) is 10.9 Å². The van der Waals surface area contributed by atoms with Gasteiger partial charge in [0.05, 0.1) is 37.0 Å². The number of aromatic hydroxyl groups is 2. The predicted octanol–water partition coefficient (Wildman–Crippen LogP) is 1.40. The highest BCUT2D eigenvalue weighted by Gasteiger charge is 2.48. The molecule has 1 aromatic heterocycles. The van der Waals surface area contributed by atoms with E-state index in [0.29, 0.717) is 45.1 Å². The van der Waals surface area contributed by atoms with Crippen molar-refractivity contribution in [1.29, 1.82) is 0 Å². The number of aromatic nitrogens is 1. The zero-order chi connectivity index (χ0) is 99.8. The Bertz CT molecular complexity index is 5430. The second kappa shape index (κ2) is 49.4. The molecule has 16 atom stereocenters. The van der Waals surface area contributed by atoms with Crippen LogP contribution in [-0.4, -0.2) is 298 Å². The number of nitrogens with one attached hydrogen (secondary N) is 10. The number of unbranched alkanes of at least 4 members (excludes halogenated alkanes) is 1. The fraction of sp³-hybridized carbons (Fsp3) is 0.454. The first-order valence-corrected chi connectivity index (χ1v) is 46.6. The molecule has 40 heteroatoms. The Morgan fingerprint density at radius 2 is 0.971 bits per heavy atom. The largest absolute Gasteiger partial charge is 0.508 e. The molecule has 18 N–H and O–H groups in total. The highest BCUT2D eigenvalue weighted by Crippen LogP contribution is 2.29. The number of aliphatic hydroxyl groups is 3. The SMILES string of the molecule is CCCC[C@H]1C(=O)N2C[C@@H](O)C[C@@H]2C(=O)N[C@@H](CC(=O)O)C(=O)N[C@@H](C(C)C)C(=O)N(C)[C@@H](Cc2ccccc2)C(=O)N[C@@H](Cc2ccc(O)cc2)C(=O)N2C[C@@H](O)C[C@@H]2C(=O)N[C@@H](Cc2c[nH]c3ccccc23)C(=O)N[C@@H](Cc2ccc(O)cc2)C(=O)N[C@@H](CC(C)C)C(=O)N[C@H](C(O)NCC(N)=O)CSCC(=O)N[C@@H](Cc2ccc(F)c(F)c2)C(=O)N(C)C(Cc2ccccc2)C(=O)N1C. The molecule has 736 valence electrons. The molecule has 10 rings (SSSR count). The van der Waals surface area contributed by atoms with Gasteiger partial charge in [0.2, 0.25) is 82.7 Å². The second-order valence-electron chi connectivity index (χ2n) is 35.8. The molecular formula is C97H122F2N16O21S. The zero-order valence-corrected chi connectivity index (χ0v) is 78.2. The van der Waals surface area contributed by atoms with Crippen molar-refractivity contribution in [3.8, 4) is 11.5 Å². The lowest BCUT2D eigenvalue weighted by Crippen LogP contribution is -2.62. The maximum Gasteiger partial charge on any atom is 0.305 e. The van der Waals surface area contributed by atoms with Crippen molar-refractivity contribution < 1.29 is 111 Å². The van der Waals surface area contributed by atoms with Crippen molar-refractivity contribution in [3.05, 3.63) is 203 Å². The van der Waals surface area contributed by atoms with Gasteiger partial charge >= 0.3 is 5.97 Å². The molecule has 37 nitrogen and oxygen atoms in total. The van der Waals surface area contributed by atoms with E-state index in [4.69, 9.17) is 5.73 Å². The summed E-state index contributed by atoms with van der Waals surface area (Å²) in [4.78, 5) is 233. The summed E-state index contributed by atoms with van der Waals surface area (Å²) in [5.41, 5.74) is 8.20. The monoisotopic (exact) mass is 1920 g/mol. The number of aromatic amines is 1. The van der Waals surface area contributed by atoms with E-state index < -0.39 is 266 Å². The first-order valence-electron chi connectivity index (χ1n) is 45.5. The number of phenols is 2. The number of rotatable bonds is 24. The Balaban J connectivity index is 1.07. The average molecular weight is 1920 g/mol. The standard InChI is InChI=1S/C97H122F2N16O21S/c1-9-10-25-76-96(135)115-50-64(119)45-79(115)92(131)107-72(46-83(122)123)89(128)110-84(54(4)5)97(136)112(7)77(41-55-19-13-11-14-20-55)90(129)108-74(39-58-28-33-62(117)34-29-58)94(133)114-49-63(118)44-78(114)91(130)106-71(43-60-47-101-68-24-18-17-23-65(60)68)88(127)105-70(38-57-26-31-61(116)32-27-57)87(126)104-69(36-53(2)3)86(125)109-75(85(124)102-48-81(100)120)51-137-52-82(121)103-73(40-59-30-35-66(98)67(99)37-59)93(132)113(8)80(95(134)111(76)6)42-56-21-15-12-16-22-56/h11-24,26-35,37,47,53-54,63-64,69-80,84-85,101-102,116-119,124H,9-10,25,36,38-46,48-52H2,1-8H3,(H2,100,120)(H,103,121)(H,104,126)(H,105,127)(H,106,130)(H,107,131)(H,108,129)(H,109,125)(H,110,128)(H,122,123)/t63-,64-,69-,70-,71-,72-,73-,74-,75-,76-,77-,78+,79+,80?,84-,85?/m0/s1. The summed E-state index contributed by atoms with van der Waals surface area (Å²) in [6.45, 7) is 6.55. The van der Waals surface area contributed by atoms with Crippen LogP contribution in [-0.2, 0) is 110 Å². The number of fused-ring (bicyclic) bond motifs is 3. The smallest absolute Gasteiger partial charge is 0.305 e. The number of nitrogens with two attached hydrogens (primary N) is 1. The third kappa shape index (κ3) is 29.3. The number of H-pyrrole nitrogens is 1. The van der Waals surface area contributed by atoms with E-state index in [1.54, 1.807) is 112 Å². The van der Waals surface area contributed by atoms with Gasteiger partial charge in [-0.15, -0.1) is 11.8 Å². The number of hydrogen-bond donors (Lipinski definition) is 17. The molecule has 137 heavy (non-hydrogen) atoms. The summed E-state index contributed by atoms with van der Waals surface area (Å²) in [5, 5.41) is 90.9. The second-order valence-corrected chi connectivity index (χ2v) is 36.8. The van der Waals surface area contributed by atoms with Crippen molar-refractivity contribution >= 4 is 111 Å². The zero-order valence-electron chi connectivity index (χ0n) is 77.4. The molecule has 0 spiro atoms. The van der Waals surface area contributed by atoms with E-state index in [2.05, 4.69) is 52.8 Å². The molecule has 3 aliphatic rings. The molecule has 7 aromatic rings. The summed E-state index contributed by atoms with van der Waals surface area (Å²) in [6.07, 6.45) is -6.88. The van der Waals surface area contributed by atoms with Crippen LogP contribution in [0.1, 0.15) is 113 Å². The van der Waals surface area contributed by atoms with Gasteiger partial charge in [0, 0.05) is 108 Å². The van der Waals surface area contributed by atoms with Crippen LogP contribution in [0.5, 0.6) is 11.5 Å². The molecule has 0 saturated carbocycles. The number of likely N-dealkylation sites (N-methyl/N-ethyl adjacent to an activating group) is 3. The number of aliphatic hydroxyl groups excluding tert-OH is 3. The number of carbonyl (C=O) groups is 15. The molecule has 4 heterocycles. The number of aliphatic carboxylic acids is 1. The van der Waals surface area contributed by atoms with E-state index in [9.17, 15) is 59.0 Å². The van der Waals surface area contributed by atoms with E-state index in [-0.39, 0.29) is 68.4 Å². The van der Waals surface area contributed by atoms with Crippen molar-refractivity contribution in [2.45, 2.75) is 215 Å². The molecule has 0 bridgehead atoms. The number of primary amides is 1. The van der Waals surface area contributed by atoms with Gasteiger partial charge in [-0.05, 0) is 101 Å². The fourth-order valence-electron chi connectivity index (χ4n) is 17.1. The first kappa shape index (κ1) is 106. The number of halogens is 2. The van der Waals surface area contributed by atoms with Gasteiger partial charge in [0.1, 0.15) is 90.2 Å². The molecule has 14 amide bonds. The number of nitrogens with zero attached hydrogens (tertiary/aromatic N) is 5. The normalized spacial score (nSPS) is 24.6. The molecule has 6 aromatic carbocycles. The number of phenolic OH excluding ortho intramolecular Hbond substituents is 2. The maximum atomic E-state index is 15.8. The third-order valence-electron chi connectivity index (χ3n) is 24.5. The van der Waals surface area contributed by atoms with Crippen LogP contribution in [0.4, 0.5) is 8.78 Å². The average Bonchev–Trinajstić information content (AvgIpc) is 1.72. The lowest BCUT2D eigenvalue weighted by molar-refractivity contribution is -0.152. The van der Waals surface area contributed by atoms with E-state index in [1.807, 2.05) is 0 Å². The van der Waals surface area contributed by atoms with Gasteiger partial charge in [0.25, 0.3) is 0 Å². The van der Waals surface area contributed by atoms with Crippen LogP contribution in [0.3, 0.4) is 0 Å². The number of carboxylic acids is 1. The maximum absolute atomic E-state index is 15.8. The van der Waals surface area contributed by atoms with E-state index >= 15 is 52.3 Å². The van der Waals surface area contributed by atoms with Crippen LogP contribution >= 0.6 is 11.8 Å². The number of benzene rings is 6. The molecule has 2 unspecified atom stereocenters. The summed E-state index contributed by atoms with van der Waals surface area (Å²) in [7, 11) is 3.76. The number of carboxylic acid groups (broad SMARTS) is 1. The van der Waals surface area contributed by atoms with Crippen molar-refractivity contribution in [2.24, 2.45) is 17.6 Å². The van der Waals surface area contributed by atoms with Crippen LogP contribution in [0, 0.1) is 23.5 Å². The first-order chi connectivity index (χ1) is 65.1.